The van der Waals surface area contributed by atoms with Crippen LogP contribution in [0.15, 0.2) is 47.9 Å². The molecule has 0 aromatic carbocycles. The summed E-state index contributed by atoms with van der Waals surface area (Å²) < 4.78 is 0. The number of carboxylic acids is 1. The van der Waals surface area contributed by atoms with Crippen molar-refractivity contribution in [3.05, 3.63) is 48.4 Å². The molecule has 0 bridgehead atoms. The maximum atomic E-state index is 11.9. The largest absolute Gasteiger partial charge is 0.481 e. The van der Waals surface area contributed by atoms with Gasteiger partial charge in [0.2, 0.25) is 0 Å². The number of aromatic nitrogens is 2. The van der Waals surface area contributed by atoms with Crippen LogP contribution in [0, 0.1) is 0 Å². The topological polar surface area (TPSA) is 92.2 Å². The van der Waals surface area contributed by atoms with Crippen molar-refractivity contribution >= 4 is 29.3 Å². The van der Waals surface area contributed by atoms with Crippen LogP contribution in [-0.2, 0) is 4.79 Å². The van der Waals surface area contributed by atoms with Crippen molar-refractivity contribution < 1.29 is 14.7 Å². The fraction of sp³-hybridized carbons (Fsp3) is 0.0769. The molecule has 0 aliphatic carbocycles. The molecule has 1 amide bonds. The Balaban J connectivity index is 1.97. The normalized spacial score (nSPS) is 10.0. The molecule has 0 atom stereocenters. The van der Waals surface area contributed by atoms with E-state index in [2.05, 4.69) is 15.3 Å². The third kappa shape index (κ3) is 4.06. The number of anilines is 1. The molecular formula is C13H11N3O3S. The first-order valence-corrected chi connectivity index (χ1v) is 6.66. The van der Waals surface area contributed by atoms with Crippen LogP contribution in [0.2, 0.25) is 0 Å². The van der Waals surface area contributed by atoms with Gasteiger partial charge in [-0.1, -0.05) is 11.8 Å². The minimum atomic E-state index is -0.897. The minimum absolute atomic E-state index is 0.0472. The highest BCUT2D eigenvalue weighted by Crippen LogP contribution is 2.17. The smallest absolute Gasteiger partial charge is 0.313 e. The van der Waals surface area contributed by atoms with Crippen LogP contribution < -0.4 is 5.32 Å². The van der Waals surface area contributed by atoms with E-state index in [0.717, 1.165) is 11.8 Å². The summed E-state index contributed by atoms with van der Waals surface area (Å²) in [4.78, 5) is 30.2. The van der Waals surface area contributed by atoms with Crippen molar-refractivity contribution in [3.8, 4) is 0 Å². The second-order valence-electron chi connectivity index (χ2n) is 3.76. The van der Waals surface area contributed by atoms with Gasteiger partial charge in [-0.05, 0) is 24.3 Å². The number of amides is 1. The van der Waals surface area contributed by atoms with Crippen LogP contribution in [0.25, 0.3) is 0 Å². The quantitative estimate of drug-likeness (QED) is 0.817. The number of hydrogen-bond donors (Lipinski definition) is 2. The van der Waals surface area contributed by atoms with Crippen LogP contribution >= 0.6 is 11.8 Å². The number of aliphatic carboxylic acids is 1. The summed E-state index contributed by atoms with van der Waals surface area (Å²) >= 11 is 1.12. The van der Waals surface area contributed by atoms with Gasteiger partial charge in [0.25, 0.3) is 5.91 Å². The Labute approximate surface area is 119 Å². The van der Waals surface area contributed by atoms with Gasteiger partial charge in [0, 0.05) is 12.4 Å². The number of pyridine rings is 2. The predicted octanol–water partition coefficient (Wildman–Crippen LogP) is 1.91. The first-order valence-electron chi connectivity index (χ1n) is 5.67. The molecule has 102 valence electrons. The Morgan fingerprint density at radius 1 is 1.25 bits per heavy atom. The van der Waals surface area contributed by atoms with Crippen LogP contribution in [0.3, 0.4) is 0 Å². The summed E-state index contributed by atoms with van der Waals surface area (Å²) in [6.45, 7) is 0. The van der Waals surface area contributed by atoms with E-state index in [9.17, 15) is 9.59 Å². The van der Waals surface area contributed by atoms with E-state index in [1.807, 2.05) is 0 Å². The van der Waals surface area contributed by atoms with Gasteiger partial charge < -0.3 is 10.4 Å². The summed E-state index contributed by atoms with van der Waals surface area (Å²) in [7, 11) is 0. The van der Waals surface area contributed by atoms with Gasteiger partial charge >= 0.3 is 5.97 Å². The predicted molar refractivity (Wildman–Crippen MR) is 74.8 cm³/mol. The third-order valence-corrected chi connectivity index (χ3v) is 3.19. The minimum Gasteiger partial charge on any atom is -0.481 e. The lowest BCUT2D eigenvalue weighted by molar-refractivity contribution is -0.133. The van der Waals surface area contributed by atoms with Crippen molar-refractivity contribution in [2.45, 2.75) is 5.03 Å². The van der Waals surface area contributed by atoms with Crippen LogP contribution in [0.1, 0.15) is 10.4 Å². The average molecular weight is 289 g/mol. The number of nitrogens with zero attached hydrogens (tertiary/aromatic N) is 2. The first kappa shape index (κ1) is 14.0. The van der Waals surface area contributed by atoms with Gasteiger partial charge in [0.05, 0.1) is 28.2 Å². The molecule has 7 heteroatoms. The summed E-state index contributed by atoms with van der Waals surface area (Å²) in [6, 6.07) is 6.67. The number of rotatable bonds is 5. The fourth-order valence-electron chi connectivity index (χ4n) is 1.38. The Morgan fingerprint density at radius 2 is 2.10 bits per heavy atom. The van der Waals surface area contributed by atoms with Crippen molar-refractivity contribution in [1.29, 1.82) is 0 Å². The average Bonchev–Trinajstić information content (AvgIpc) is 2.47. The molecule has 0 aliphatic heterocycles. The number of nitrogens with one attached hydrogen (secondary N) is 1. The lowest BCUT2D eigenvalue weighted by Gasteiger charge is -2.05. The third-order valence-electron chi connectivity index (χ3n) is 2.26. The van der Waals surface area contributed by atoms with Gasteiger partial charge in [-0.15, -0.1) is 0 Å². The summed E-state index contributed by atoms with van der Waals surface area (Å²) in [5.74, 6) is -1.22. The molecule has 0 unspecified atom stereocenters. The van der Waals surface area contributed by atoms with Crippen LogP contribution in [0.4, 0.5) is 5.69 Å². The number of carbonyl (C=O) groups is 2. The zero-order valence-electron chi connectivity index (χ0n) is 10.3. The van der Waals surface area contributed by atoms with E-state index in [4.69, 9.17) is 5.11 Å². The Hall–Kier alpha value is -2.41. The highest BCUT2D eigenvalue weighted by molar-refractivity contribution is 7.99. The van der Waals surface area contributed by atoms with Crippen molar-refractivity contribution in [2.24, 2.45) is 0 Å². The molecule has 0 radical (unpaired) electrons. The number of carbonyl (C=O) groups excluding carboxylic acids is 1. The molecule has 20 heavy (non-hydrogen) atoms. The molecule has 2 rings (SSSR count). The molecule has 2 aromatic rings. The Kier molecular flexibility index (Phi) is 4.67. The molecule has 6 nitrogen and oxygen atoms in total. The molecular weight excluding hydrogens is 278 g/mol. The molecule has 0 fully saturated rings. The van der Waals surface area contributed by atoms with Crippen LogP contribution in [-0.4, -0.2) is 32.7 Å². The number of thioether (sulfide) groups is 1. The van der Waals surface area contributed by atoms with Gasteiger partial charge in [0.1, 0.15) is 0 Å². The lowest BCUT2D eigenvalue weighted by atomic mass is 10.2. The van der Waals surface area contributed by atoms with Gasteiger partial charge in [-0.25, -0.2) is 4.98 Å². The van der Waals surface area contributed by atoms with Gasteiger partial charge in [-0.3, -0.25) is 14.6 Å². The van der Waals surface area contributed by atoms with E-state index in [0.29, 0.717) is 16.3 Å². The summed E-state index contributed by atoms with van der Waals surface area (Å²) in [5, 5.41) is 11.8. The van der Waals surface area contributed by atoms with E-state index >= 15 is 0 Å². The maximum absolute atomic E-state index is 11.9. The number of carboxylic acid groups (broad SMARTS) is 1. The maximum Gasteiger partial charge on any atom is 0.313 e. The van der Waals surface area contributed by atoms with Crippen molar-refractivity contribution in [1.82, 2.24) is 9.97 Å². The van der Waals surface area contributed by atoms with E-state index in [1.54, 1.807) is 30.5 Å². The molecule has 0 spiro atoms. The standard InChI is InChI=1S/C13H11N3O3S/c17-12(18)8-20-11-4-3-10(7-15-11)16-13(19)9-2-1-5-14-6-9/h1-7H,8H2,(H,16,19)(H,17,18). The second-order valence-corrected chi connectivity index (χ2v) is 4.76. The zero-order valence-corrected chi connectivity index (χ0v) is 11.1. The highest BCUT2D eigenvalue weighted by atomic mass is 32.2. The zero-order chi connectivity index (χ0) is 14.4. The fourth-order valence-corrected chi connectivity index (χ4v) is 1.94. The Bertz CT molecular complexity index is 602. The van der Waals surface area contributed by atoms with E-state index < -0.39 is 5.97 Å². The lowest BCUT2D eigenvalue weighted by Crippen LogP contribution is -2.12. The molecule has 0 saturated carbocycles. The molecule has 0 saturated heterocycles. The van der Waals surface area contributed by atoms with Crippen molar-refractivity contribution in [2.75, 3.05) is 11.1 Å². The van der Waals surface area contributed by atoms with E-state index in [-0.39, 0.29) is 11.7 Å². The SMILES string of the molecule is O=C(O)CSc1ccc(NC(=O)c2cccnc2)cn1. The molecule has 0 aliphatic rings. The van der Waals surface area contributed by atoms with Crippen LogP contribution in [0.5, 0.6) is 0 Å². The Morgan fingerprint density at radius 3 is 2.70 bits per heavy atom. The highest BCUT2D eigenvalue weighted by Gasteiger charge is 2.06. The van der Waals surface area contributed by atoms with Gasteiger partial charge in [-0.2, -0.15) is 0 Å². The van der Waals surface area contributed by atoms with Crippen molar-refractivity contribution in [3.63, 3.8) is 0 Å². The first-order chi connectivity index (χ1) is 9.65. The molecule has 2 heterocycles. The molecule has 2 N–H and O–H groups in total. The summed E-state index contributed by atoms with van der Waals surface area (Å²) in [6.07, 6.45) is 4.55. The monoisotopic (exact) mass is 289 g/mol. The summed E-state index contributed by atoms with van der Waals surface area (Å²) in [5.41, 5.74) is 0.996. The number of hydrogen-bond acceptors (Lipinski definition) is 5. The van der Waals surface area contributed by atoms with E-state index in [1.165, 1.54) is 12.4 Å². The second kappa shape index (κ2) is 6.67. The van der Waals surface area contributed by atoms with Gasteiger partial charge in [0.15, 0.2) is 0 Å². The molecule has 2 aromatic heterocycles.